The molecule has 1 aliphatic heterocycles. The molecule has 2 atom stereocenters. The number of rotatable bonds is 6. The molecular weight excluding hydrogens is 370 g/mol. The van der Waals surface area contributed by atoms with Crippen LogP contribution in [0.1, 0.15) is 58.1 Å². The van der Waals surface area contributed by atoms with Crippen molar-refractivity contribution in [3.63, 3.8) is 0 Å². The summed E-state index contributed by atoms with van der Waals surface area (Å²) in [6.07, 6.45) is 1.12. The van der Waals surface area contributed by atoms with Crippen LogP contribution in [0.15, 0.2) is 24.3 Å². The summed E-state index contributed by atoms with van der Waals surface area (Å²) < 4.78 is 9.84. The number of ether oxygens (including phenoxy) is 2. The first-order valence-corrected chi connectivity index (χ1v) is 10.3. The molecule has 0 saturated carbocycles. The van der Waals surface area contributed by atoms with Gasteiger partial charge in [0.1, 0.15) is 12.2 Å². The van der Waals surface area contributed by atoms with Gasteiger partial charge in [0.2, 0.25) is 0 Å². The van der Waals surface area contributed by atoms with E-state index in [9.17, 15) is 14.4 Å². The molecule has 0 aliphatic carbocycles. The summed E-state index contributed by atoms with van der Waals surface area (Å²) in [6, 6.07) is 8.25. The van der Waals surface area contributed by atoms with E-state index >= 15 is 0 Å². The lowest BCUT2D eigenvalue weighted by Gasteiger charge is -2.38. The summed E-state index contributed by atoms with van der Waals surface area (Å²) in [6.45, 7) is 8.93. The predicted octanol–water partition coefficient (Wildman–Crippen LogP) is 3.90. The maximum Gasteiger partial charge on any atom is 0.409 e. The molecule has 29 heavy (non-hydrogen) atoms. The molecule has 6 nitrogen and oxygen atoms in total. The lowest BCUT2D eigenvalue weighted by Crippen LogP contribution is -2.48. The standard InChI is InChI=1S/C23H33NO5/c1-6-29-21(26)15-20(25)17-11-12-24(22(27)28-5)19(14-17)13-16-7-9-18(10-8-16)23(2,3)4/h7-10,17,19H,6,11-15H2,1-5H3/t17-,19-/m0/s1. The van der Waals surface area contributed by atoms with Crippen LogP contribution in [0.3, 0.4) is 0 Å². The fraction of sp³-hybridized carbons (Fsp3) is 0.609. The molecule has 1 aromatic rings. The van der Waals surface area contributed by atoms with Crippen molar-refractivity contribution in [1.82, 2.24) is 4.90 Å². The molecule has 1 heterocycles. The highest BCUT2D eigenvalue weighted by atomic mass is 16.5. The highest BCUT2D eigenvalue weighted by molar-refractivity contribution is 5.96. The topological polar surface area (TPSA) is 72.9 Å². The van der Waals surface area contributed by atoms with Gasteiger partial charge >= 0.3 is 12.1 Å². The van der Waals surface area contributed by atoms with Crippen LogP contribution in [0.5, 0.6) is 0 Å². The van der Waals surface area contributed by atoms with Gasteiger partial charge in [-0.25, -0.2) is 4.79 Å². The van der Waals surface area contributed by atoms with Crippen molar-refractivity contribution in [3.8, 4) is 0 Å². The molecular formula is C23H33NO5. The van der Waals surface area contributed by atoms with E-state index in [-0.39, 0.29) is 42.3 Å². The smallest absolute Gasteiger partial charge is 0.409 e. The third-order valence-electron chi connectivity index (χ3n) is 5.50. The fourth-order valence-corrected chi connectivity index (χ4v) is 3.81. The number of esters is 1. The number of nitrogens with zero attached hydrogens (tertiary/aromatic N) is 1. The Balaban J connectivity index is 2.12. The van der Waals surface area contributed by atoms with Crippen LogP contribution in [-0.4, -0.2) is 49.0 Å². The zero-order valence-corrected chi connectivity index (χ0v) is 18.2. The van der Waals surface area contributed by atoms with E-state index in [0.29, 0.717) is 25.8 Å². The Kier molecular flexibility index (Phi) is 7.82. The first kappa shape index (κ1) is 22.9. The lowest BCUT2D eigenvalue weighted by molar-refractivity contribution is -0.146. The molecule has 2 rings (SSSR count). The molecule has 1 aromatic carbocycles. The van der Waals surface area contributed by atoms with E-state index in [1.807, 2.05) is 0 Å². The third kappa shape index (κ3) is 6.31. The van der Waals surface area contributed by atoms with Gasteiger partial charge in [-0.3, -0.25) is 9.59 Å². The van der Waals surface area contributed by atoms with E-state index in [1.165, 1.54) is 12.7 Å². The number of Topliss-reactive ketones (excluding diaryl/α,β-unsaturated/α-hetero) is 1. The van der Waals surface area contributed by atoms with Crippen molar-refractivity contribution >= 4 is 17.8 Å². The predicted molar refractivity (Wildman–Crippen MR) is 111 cm³/mol. The number of hydrogen-bond donors (Lipinski definition) is 0. The van der Waals surface area contributed by atoms with Crippen LogP contribution >= 0.6 is 0 Å². The summed E-state index contributed by atoms with van der Waals surface area (Å²) in [5.74, 6) is -0.845. The summed E-state index contributed by atoms with van der Waals surface area (Å²) >= 11 is 0. The first-order valence-electron chi connectivity index (χ1n) is 10.3. The van der Waals surface area contributed by atoms with E-state index in [0.717, 1.165) is 5.56 Å². The average molecular weight is 404 g/mol. The summed E-state index contributed by atoms with van der Waals surface area (Å²) in [5, 5.41) is 0. The van der Waals surface area contributed by atoms with Gasteiger partial charge in [-0.15, -0.1) is 0 Å². The van der Waals surface area contributed by atoms with Gasteiger partial charge in [0.05, 0.1) is 13.7 Å². The van der Waals surface area contributed by atoms with Gasteiger partial charge < -0.3 is 14.4 Å². The minimum atomic E-state index is -0.484. The molecule has 0 bridgehead atoms. The van der Waals surface area contributed by atoms with E-state index < -0.39 is 5.97 Å². The molecule has 6 heteroatoms. The summed E-state index contributed by atoms with van der Waals surface area (Å²) in [4.78, 5) is 38.2. The van der Waals surface area contributed by atoms with E-state index in [4.69, 9.17) is 9.47 Å². The Bertz CT molecular complexity index is 720. The van der Waals surface area contributed by atoms with Gasteiger partial charge in [0, 0.05) is 18.5 Å². The summed E-state index contributed by atoms with van der Waals surface area (Å²) in [5.41, 5.74) is 2.43. The second-order valence-corrected chi connectivity index (χ2v) is 8.64. The van der Waals surface area contributed by atoms with Crippen molar-refractivity contribution in [2.45, 2.75) is 64.8 Å². The maximum absolute atomic E-state index is 12.5. The van der Waals surface area contributed by atoms with Crippen LogP contribution in [0.2, 0.25) is 0 Å². The van der Waals surface area contributed by atoms with Crippen LogP contribution in [-0.2, 0) is 30.9 Å². The van der Waals surface area contributed by atoms with Gasteiger partial charge in [0.15, 0.2) is 0 Å². The minimum Gasteiger partial charge on any atom is -0.466 e. The van der Waals surface area contributed by atoms with E-state index in [1.54, 1.807) is 11.8 Å². The summed E-state index contributed by atoms with van der Waals surface area (Å²) in [7, 11) is 1.37. The molecule has 160 valence electrons. The molecule has 0 spiro atoms. The Labute approximate surface area is 173 Å². The SMILES string of the molecule is CCOC(=O)CC(=O)[C@H]1CCN(C(=O)OC)[C@@H](Cc2ccc(C(C)(C)C)cc2)C1. The van der Waals surface area contributed by atoms with Crippen LogP contribution in [0.25, 0.3) is 0 Å². The van der Waals surface area contributed by atoms with Crippen molar-refractivity contribution in [3.05, 3.63) is 35.4 Å². The molecule has 0 N–H and O–H groups in total. The maximum atomic E-state index is 12.5. The Hall–Kier alpha value is -2.37. The van der Waals surface area contributed by atoms with Crippen molar-refractivity contribution in [2.75, 3.05) is 20.3 Å². The zero-order chi connectivity index (χ0) is 21.6. The van der Waals surface area contributed by atoms with Crippen molar-refractivity contribution in [1.29, 1.82) is 0 Å². The molecule has 0 aromatic heterocycles. The van der Waals surface area contributed by atoms with Gasteiger partial charge in [0.25, 0.3) is 0 Å². The van der Waals surface area contributed by atoms with Gasteiger partial charge in [-0.1, -0.05) is 45.0 Å². The van der Waals surface area contributed by atoms with Crippen LogP contribution in [0.4, 0.5) is 4.79 Å². The average Bonchev–Trinajstić information content (AvgIpc) is 2.67. The Morgan fingerprint density at radius 3 is 2.34 bits per heavy atom. The number of carbonyl (C=O) groups excluding carboxylic acids is 3. The van der Waals surface area contributed by atoms with Crippen molar-refractivity contribution < 1.29 is 23.9 Å². The highest BCUT2D eigenvalue weighted by Gasteiger charge is 2.35. The Morgan fingerprint density at radius 1 is 1.14 bits per heavy atom. The third-order valence-corrected chi connectivity index (χ3v) is 5.50. The molecule has 0 unspecified atom stereocenters. The highest BCUT2D eigenvalue weighted by Crippen LogP contribution is 2.29. The second-order valence-electron chi connectivity index (χ2n) is 8.64. The molecule has 1 fully saturated rings. The Morgan fingerprint density at radius 2 is 1.79 bits per heavy atom. The normalized spacial score (nSPS) is 19.6. The van der Waals surface area contributed by atoms with Crippen LogP contribution in [0, 0.1) is 5.92 Å². The molecule has 1 aliphatic rings. The number of likely N-dealkylation sites (tertiary alicyclic amines) is 1. The van der Waals surface area contributed by atoms with Gasteiger partial charge in [-0.05, 0) is 42.7 Å². The van der Waals surface area contributed by atoms with Crippen LogP contribution < -0.4 is 0 Å². The first-order chi connectivity index (χ1) is 13.7. The second kappa shape index (κ2) is 9.90. The quantitative estimate of drug-likeness (QED) is 0.532. The van der Waals surface area contributed by atoms with E-state index in [2.05, 4.69) is 45.0 Å². The van der Waals surface area contributed by atoms with Crippen molar-refractivity contribution in [2.24, 2.45) is 5.92 Å². The number of hydrogen-bond acceptors (Lipinski definition) is 5. The number of ketones is 1. The van der Waals surface area contributed by atoms with Gasteiger partial charge in [-0.2, -0.15) is 0 Å². The fourth-order valence-electron chi connectivity index (χ4n) is 3.81. The lowest BCUT2D eigenvalue weighted by atomic mass is 9.83. The number of methoxy groups -OCH3 is 1. The molecule has 1 amide bonds. The monoisotopic (exact) mass is 403 g/mol. The molecule has 0 radical (unpaired) electrons. The largest absolute Gasteiger partial charge is 0.466 e. The number of amides is 1. The molecule has 1 saturated heterocycles. The minimum absolute atomic E-state index is 0.0754. The number of carbonyl (C=O) groups is 3. The zero-order valence-electron chi connectivity index (χ0n) is 18.2. The number of benzene rings is 1. The number of piperidine rings is 1.